The molecule has 1 fully saturated rings. The Labute approximate surface area is 171 Å². The molecule has 6 nitrogen and oxygen atoms in total. The Bertz CT molecular complexity index is 926. The van der Waals surface area contributed by atoms with Gasteiger partial charge in [0.25, 0.3) is 0 Å². The number of hydrogen-bond donors (Lipinski definition) is 2. The Morgan fingerprint density at radius 3 is 2.59 bits per heavy atom. The van der Waals surface area contributed by atoms with Crippen LogP contribution in [-0.2, 0) is 6.54 Å². The maximum Gasteiger partial charge on any atom is 0.225 e. The van der Waals surface area contributed by atoms with Crippen LogP contribution in [0.5, 0.6) is 5.75 Å². The molecular formula is C23H27N5O. The van der Waals surface area contributed by atoms with Crippen LogP contribution < -0.4 is 15.4 Å². The summed E-state index contributed by atoms with van der Waals surface area (Å²) in [6.07, 6.45) is 7.96. The predicted molar refractivity (Wildman–Crippen MR) is 116 cm³/mol. The van der Waals surface area contributed by atoms with Gasteiger partial charge in [0, 0.05) is 30.4 Å². The summed E-state index contributed by atoms with van der Waals surface area (Å²) in [6, 6.07) is 16.2. The first-order valence-corrected chi connectivity index (χ1v) is 10.2. The highest BCUT2D eigenvalue weighted by molar-refractivity contribution is 5.61. The molecule has 1 aliphatic carbocycles. The fraction of sp³-hybridized carbons (Fsp3) is 0.348. The van der Waals surface area contributed by atoms with Gasteiger partial charge in [-0.1, -0.05) is 43.5 Å². The lowest BCUT2D eigenvalue weighted by atomic mass is 9.96. The van der Waals surface area contributed by atoms with Gasteiger partial charge in [0.05, 0.1) is 18.5 Å². The average Bonchev–Trinajstić information content (AvgIpc) is 2.79. The molecule has 0 aliphatic heterocycles. The lowest BCUT2D eigenvalue weighted by Gasteiger charge is -2.23. The van der Waals surface area contributed by atoms with E-state index in [9.17, 15) is 0 Å². The van der Waals surface area contributed by atoms with E-state index in [1.165, 1.54) is 32.1 Å². The van der Waals surface area contributed by atoms with Gasteiger partial charge < -0.3 is 15.4 Å². The highest BCUT2D eigenvalue weighted by atomic mass is 16.5. The molecule has 2 aromatic heterocycles. The van der Waals surface area contributed by atoms with Crippen molar-refractivity contribution < 1.29 is 4.74 Å². The van der Waals surface area contributed by atoms with Crippen molar-refractivity contribution in [3.05, 3.63) is 60.3 Å². The number of methoxy groups -OCH3 is 1. The molecule has 0 amide bonds. The summed E-state index contributed by atoms with van der Waals surface area (Å²) in [6.45, 7) is 0.617. The molecule has 0 atom stereocenters. The SMILES string of the molecule is COc1ccccc1CNc1cc(-c2ccccn2)nc(NC2CCCCC2)n1. The number of nitrogens with zero attached hydrogens (tertiary/aromatic N) is 3. The molecule has 1 saturated carbocycles. The summed E-state index contributed by atoms with van der Waals surface area (Å²) in [5.74, 6) is 2.28. The van der Waals surface area contributed by atoms with Gasteiger partial charge in [-0.25, -0.2) is 4.98 Å². The largest absolute Gasteiger partial charge is 0.496 e. The topological polar surface area (TPSA) is 72.0 Å². The normalized spacial score (nSPS) is 14.4. The Morgan fingerprint density at radius 1 is 0.966 bits per heavy atom. The zero-order valence-corrected chi connectivity index (χ0v) is 16.8. The van der Waals surface area contributed by atoms with E-state index in [0.29, 0.717) is 18.5 Å². The lowest BCUT2D eigenvalue weighted by Crippen LogP contribution is -2.23. The first kappa shape index (κ1) is 19.2. The van der Waals surface area contributed by atoms with E-state index in [1.54, 1.807) is 13.3 Å². The van der Waals surface area contributed by atoms with Crippen LogP contribution in [0.4, 0.5) is 11.8 Å². The summed E-state index contributed by atoms with van der Waals surface area (Å²) in [5.41, 5.74) is 2.72. The van der Waals surface area contributed by atoms with Gasteiger partial charge in [-0.3, -0.25) is 4.98 Å². The highest BCUT2D eigenvalue weighted by Crippen LogP contribution is 2.25. The van der Waals surface area contributed by atoms with Crippen molar-refractivity contribution in [3.8, 4) is 17.1 Å². The van der Waals surface area contributed by atoms with E-state index in [4.69, 9.17) is 14.7 Å². The smallest absolute Gasteiger partial charge is 0.225 e. The zero-order chi connectivity index (χ0) is 19.9. The number of pyridine rings is 1. The van der Waals surface area contributed by atoms with E-state index in [2.05, 4.69) is 15.6 Å². The van der Waals surface area contributed by atoms with Gasteiger partial charge in [-0.2, -0.15) is 4.98 Å². The molecule has 4 rings (SSSR count). The maximum atomic E-state index is 5.46. The highest BCUT2D eigenvalue weighted by Gasteiger charge is 2.16. The number of ether oxygens (including phenoxy) is 1. The minimum Gasteiger partial charge on any atom is -0.496 e. The molecule has 29 heavy (non-hydrogen) atoms. The summed E-state index contributed by atoms with van der Waals surface area (Å²) < 4.78 is 5.46. The molecule has 6 heteroatoms. The average molecular weight is 390 g/mol. The molecule has 2 N–H and O–H groups in total. The van der Waals surface area contributed by atoms with Gasteiger partial charge in [-0.05, 0) is 31.0 Å². The van der Waals surface area contributed by atoms with E-state index >= 15 is 0 Å². The molecule has 2 heterocycles. The number of benzene rings is 1. The van der Waals surface area contributed by atoms with Crippen LogP contribution in [0.25, 0.3) is 11.4 Å². The molecule has 0 bridgehead atoms. The molecule has 0 saturated heterocycles. The van der Waals surface area contributed by atoms with Crippen LogP contribution in [0.2, 0.25) is 0 Å². The summed E-state index contributed by atoms with van der Waals surface area (Å²) >= 11 is 0. The quantitative estimate of drug-likeness (QED) is 0.599. The zero-order valence-electron chi connectivity index (χ0n) is 16.8. The van der Waals surface area contributed by atoms with Gasteiger partial charge >= 0.3 is 0 Å². The van der Waals surface area contributed by atoms with Gasteiger partial charge in [0.2, 0.25) is 5.95 Å². The van der Waals surface area contributed by atoms with E-state index in [0.717, 1.165) is 28.5 Å². The van der Waals surface area contributed by atoms with E-state index in [1.807, 2.05) is 48.5 Å². The lowest BCUT2D eigenvalue weighted by molar-refractivity contribution is 0.410. The van der Waals surface area contributed by atoms with Crippen LogP contribution in [-0.4, -0.2) is 28.1 Å². The predicted octanol–water partition coefficient (Wildman–Crippen LogP) is 4.90. The van der Waals surface area contributed by atoms with Crippen molar-refractivity contribution in [2.75, 3.05) is 17.7 Å². The van der Waals surface area contributed by atoms with Crippen LogP contribution in [0.1, 0.15) is 37.7 Å². The Balaban J connectivity index is 1.58. The Kier molecular flexibility index (Phi) is 6.19. The van der Waals surface area contributed by atoms with Crippen molar-refractivity contribution >= 4 is 11.8 Å². The summed E-state index contributed by atoms with van der Waals surface area (Å²) in [4.78, 5) is 13.9. The molecule has 3 aromatic rings. The molecule has 1 aliphatic rings. The summed E-state index contributed by atoms with van der Waals surface area (Å²) in [7, 11) is 1.69. The first-order valence-electron chi connectivity index (χ1n) is 10.2. The summed E-state index contributed by atoms with van der Waals surface area (Å²) in [5, 5.41) is 6.96. The maximum absolute atomic E-state index is 5.46. The van der Waals surface area contributed by atoms with Crippen molar-refractivity contribution in [2.24, 2.45) is 0 Å². The third-order valence-corrected chi connectivity index (χ3v) is 5.24. The second kappa shape index (κ2) is 9.37. The fourth-order valence-electron chi connectivity index (χ4n) is 3.71. The van der Waals surface area contributed by atoms with Gasteiger partial charge in [-0.15, -0.1) is 0 Å². The van der Waals surface area contributed by atoms with Crippen molar-refractivity contribution in [1.82, 2.24) is 15.0 Å². The number of hydrogen-bond acceptors (Lipinski definition) is 6. The molecular weight excluding hydrogens is 362 g/mol. The molecule has 0 radical (unpaired) electrons. The van der Waals surface area contributed by atoms with Crippen LogP contribution >= 0.6 is 0 Å². The minimum atomic E-state index is 0.435. The molecule has 0 spiro atoms. The minimum absolute atomic E-state index is 0.435. The van der Waals surface area contributed by atoms with Crippen molar-refractivity contribution in [3.63, 3.8) is 0 Å². The van der Waals surface area contributed by atoms with E-state index < -0.39 is 0 Å². The first-order chi connectivity index (χ1) is 14.3. The fourth-order valence-corrected chi connectivity index (χ4v) is 3.71. The van der Waals surface area contributed by atoms with E-state index in [-0.39, 0.29) is 0 Å². The van der Waals surface area contributed by atoms with Crippen LogP contribution in [0, 0.1) is 0 Å². The number of aromatic nitrogens is 3. The number of para-hydroxylation sites is 1. The Hall–Kier alpha value is -3.15. The Morgan fingerprint density at radius 2 is 1.79 bits per heavy atom. The standard InChI is InChI=1S/C23H27N5O/c1-29-21-13-6-5-9-17(21)16-25-22-15-20(19-12-7-8-14-24-19)27-23(28-22)26-18-10-3-2-4-11-18/h5-9,12-15,18H,2-4,10-11,16H2,1H3,(H2,25,26,27,28). The second-order valence-electron chi connectivity index (χ2n) is 7.32. The van der Waals surface area contributed by atoms with Gasteiger partial charge in [0.1, 0.15) is 11.6 Å². The number of nitrogens with one attached hydrogen (secondary N) is 2. The van der Waals surface area contributed by atoms with Crippen LogP contribution in [0.3, 0.4) is 0 Å². The van der Waals surface area contributed by atoms with Crippen molar-refractivity contribution in [1.29, 1.82) is 0 Å². The molecule has 0 unspecified atom stereocenters. The monoisotopic (exact) mass is 389 g/mol. The third kappa shape index (κ3) is 5.02. The second-order valence-corrected chi connectivity index (χ2v) is 7.32. The number of rotatable bonds is 7. The van der Waals surface area contributed by atoms with Crippen LogP contribution in [0.15, 0.2) is 54.7 Å². The third-order valence-electron chi connectivity index (χ3n) is 5.24. The van der Waals surface area contributed by atoms with Crippen molar-refractivity contribution in [2.45, 2.75) is 44.7 Å². The number of anilines is 2. The molecule has 1 aromatic carbocycles. The molecule has 150 valence electrons. The van der Waals surface area contributed by atoms with Gasteiger partial charge in [0.15, 0.2) is 0 Å².